The molecular formula is C19H14F2N2O2S. The number of fused-ring (bicyclic) bond motifs is 1. The van der Waals surface area contributed by atoms with Crippen LogP contribution in [-0.2, 0) is 11.3 Å². The van der Waals surface area contributed by atoms with Crippen molar-refractivity contribution in [1.29, 1.82) is 0 Å². The molecule has 2 heterocycles. The highest BCUT2D eigenvalue weighted by atomic mass is 32.2. The number of amides is 3. The van der Waals surface area contributed by atoms with E-state index in [1.165, 1.54) is 40.9 Å². The molecule has 1 fully saturated rings. The molecule has 3 amide bonds. The first-order valence-corrected chi connectivity index (χ1v) is 8.96. The van der Waals surface area contributed by atoms with Crippen molar-refractivity contribution in [1.82, 2.24) is 4.90 Å². The van der Waals surface area contributed by atoms with Crippen LogP contribution in [-0.4, -0.2) is 28.1 Å². The topological polar surface area (TPSA) is 40.6 Å². The van der Waals surface area contributed by atoms with Crippen LogP contribution in [0.3, 0.4) is 0 Å². The first-order chi connectivity index (χ1) is 12.6. The standard InChI is InChI=1S/C19H14F2N2O2S/c20-13-5-3-6-14(10-13)23-18(24)17-16(8-9-26-17)22(19(23)25)11-12-4-1-2-7-15(12)21/h1-10,16-17H,11H2. The average Bonchev–Trinajstić information content (AvgIpc) is 3.10. The summed E-state index contributed by atoms with van der Waals surface area (Å²) >= 11 is 1.30. The van der Waals surface area contributed by atoms with Crippen molar-refractivity contribution in [3.05, 3.63) is 77.2 Å². The van der Waals surface area contributed by atoms with Crippen LogP contribution in [0.15, 0.2) is 60.0 Å². The number of nitrogens with zero attached hydrogens (tertiary/aromatic N) is 2. The summed E-state index contributed by atoms with van der Waals surface area (Å²) in [6, 6.07) is 10.5. The van der Waals surface area contributed by atoms with Gasteiger partial charge in [-0.25, -0.2) is 18.5 Å². The highest BCUT2D eigenvalue weighted by Crippen LogP contribution is 2.37. The molecule has 4 nitrogen and oxygen atoms in total. The molecule has 0 N–H and O–H groups in total. The zero-order chi connectivity index (χ0) is 18.3. The van der Waals surface area contributed by atoms with Crippen molar-refractivity contribution in [2.75, 3.05) is 4.90 Å². The number of imide groups is 1. The summed E-state index contributed by atoms with van der Waals surface area (Å²) in [4.78, 5) is 28.3. The number of benzene rings is 2. The van der Waals surface area contributed by atoms with Crippen molar-refractivity contribution in [2.24, 2.45) is 0 Å². The van der Waals surface area contributed by atoms with Gasteiger partial charge in [-0.1, -0.05) is 30.3 Å². The molecule has 2 aromatic rings. The Morgan fingerprint density at radius 2 is 1.85 bits per heavy atom. The maximum atomic E-state index is 14.1. The number of thioether (sulfide) groups is 1. The second kappa shape index (κ2) is 6.57. The highest BCUT2D eigenvalue weighted by molar-refractivity contribution is 8.03. The fourth-order valence-electron chi connectivity index (χ4n) is 3.18. The Kier molecular flexibility index (Phi) is 4.24. The summed E-state index contributed by atoms with van der Waals surface area (Å²) in [7, 11) is 0. The molecule has 4 rings (SSSR count). The lowest BCUT2D eigenvalue weighted by atomic mass is 10.1. The van der Waals surface area contributed by atoms with E-state index in [0.29, 0.717) is 5.56 Å². The summed E-state index contributed by atoms with van der Waals surface area (Å²) in [6.07, 6.45) is 1.77. The smallest absolute Gasteiger partial charge is 0.311 e. The molecule has 0 radical (unpaired) electrons. The van der Waals surface area contributed by atoms with Crippen LogP contribution in [0.2, 0.25) is 0 Å². The largest absolute Gasteiger partial charge is 0.332 e. The van der Waals surface area contributed by atoms with Gasteiger partial charge in [0.05, 0.1) is 18.3 Å². The summed E-state index contributed by atoms with van der Waals surface area (Å²) in [5.74, 6) is -1.35. The Balaban J connectivity index is 1.73. The summed E-state index contributed by atoms with van der Waals surface area (Å²) in [5, 5.41) is 1.24. The monoisotopic (exact) mass is 372 g/mol. The van der Waals surface area contributed by atoms with Crippen LogP contribution >= 0.6 is 11.8 Å². The second-order valence-corrected chi connectivity index (χ2v) is 7.08. The van der Waals surface area contributed by atoms with Gasteiger partial charge in [-0.3, -0.25) is 4.79 Å². The lowest BCUT2D eigenvalue weighted by Gasteiger charge is -2.41. The molecule has 2 atom stereocenters. The van der Waals surface area contributed by atoms with Gasteiger partial charge in [0.2, 0.25) is 0 Å². The lowest BCUT2D eigenvalue weighted by Crippen LogP contribution is -2.61. The molecule has 1 saturated heterocycles. The van der Waals surface area contributed by atoms with Gasteiger partial charge >= 0.3 is 6.03 Å². The van der Waals surface area contributed by atoms with E-state index in [1.807, 2.05) is 0 Å². The number of rotatable bonds is 3. The predicted molar refractivity (Wildman–Crippen MR) is 95.5 cm³/mol. The Morgan fingerprint density at radius 1 is 1.04 bits per heavy atom. The fourth-order valence-corrected chi connectivity index (χ4v) is 4.22. The maximum absolute atomic E-state index is 14.1. The van der Waals surface area contributed by atoms with Gasteiger partial charge in [0, 0.05) is 5.56 Å². The predicted octanol–water partition coefficient (Wildman–Crippen LogP) is 3.93. The molecule has 2 aliphatic rings. The van der Waals surface area contributed by atoms with Gasteiger partial charge in [-0.05, 0) is 29.7 Å². The average molecular weight is 372 g/mol. The van der Waals surface area contributed by atoms with Crippen molar-refractivity contribution in [3.8, 4) is 0 Å². The lowest BCUT2D eigenvalue weighted by molar-refractivity contribution is -0.119. The van der Waals surface area contributed by atoms with E-state index in [1.54, 1.807) is 29.7 Å². The Labute approximate surface area is 153 Å². The molecular weight excluding hydrogens is 358 g/mol. The minimum absolute atomic E-state index is 0.0245. The van der Waals surface area contributed by atoms with Crippen molar-refractivity contribution < 1.29 is 18.4 Å². The van der Waals surface area contributed by atoms with E-state index in [4.69, 9.17) is 0 Å². The van der Waals surface area contributed by atoms with Gasteiger partial charge < -0.3 is 4.90 Å². The van der Waals surface area contributed by atoms with Crippen LogP contribution in [0, 0.1) is 11.6 Å². The van der Waals surface area contributed by atoms with Crippen molar-refractivity contribution >= 4 is 29.4 Å². The molecule has 0 spiro atoms. The van der Waals surface area contributed by atoms with E-state index < -0.39 is 34.9 Å². The van der Waals surface area contributed by atoms with E-state index >= 15 is 0 Å². The molecule has 26 heavy (non-hydrogen) atoms. The molecule has 7 heteroatoms. The number of carbonyl (C=O) groups is 2. The first kappa shape index (κ1) is 16.8. The number of urea groups is 1. The van der Waals surface area contributed by atoms with Crippen molar-refractivity contribution in [2.45, 2.75) is 17.8 Å². The van der Waals surface area contributed by atoms with E-state index in [9.17, 15) is 18.4 Å². The van der Waals surface area contributed by atoms with Gasteiger partial charge in [0.15, 0.2) is 0 Å². The number of anilines is 1. The number of halogens is 2. The summed E-state index contributed by atoms with van der Waals surface area (Å²) in [5.41, 5.74) is 0.530. The zero-order valence-electron chi connectivity index (χ0n) is 13.5. The quantitative estimate of drug-likeness (QED) is 0.820. The van der Waals surface area contributed by atoms with Gasteiger partial charge in [0.1, 0.15) is 16.9 Å². The maximum Gasteiger partial charge on any atom is 0.332 e. The van der Waals surface area contributed by atoms with E-state index in [0.717, 1.165) is 11.0 Å². The van der Waals surface area contributed by atoms with Crippen molar-refractivity contribution in [3.63, 3.8) is 0 Å². The SMILES string of the molecule is O=C1C2SC=CC2N(Cc2ccccc2F)C(=O)N1c1cccc(F)c1. The normalized spacial score (nSPS) is 22.1. The van der Waals surface area contributed by atoms with Gasteiger partial charge in [0.25, 0.3) is 5.91 Å². The first-order valence-electron chi connectivity index (χ1n) is 8.02. The van der Waals surface area contributed by atoms with Crippen LogP contribution < -0.4 is 4.90 Å². The van der Waals surface area contributed by atoms with Crippen LogP contribution in [0.4, 0.5) is 19.3 Å². The third-order valence-corrected chi connectivity index (χ3v) is 5.52. The second-order valence-electron chi connectivity index (χ2n) is 6.03. The molecule has 0 aliphatic carbocycles. The third kappa shape index (κ3) is 2.78. The summed E-state index contributed by atoms with van der Waals surface area (Å²) < 4.78 is 27.7. The third-order valence-electron chi connectivity index (χ3n) is 4.44. The van der Waals surface area contributed by atoms with Gasteiger partial charge in [-0.2, -0.15) is 0 Å². The number of hydrogen-bond acceptors (Lipinski definition) is 3. The Morgan fingerprint density at radius 3 is 2.62 bits per heavy atom. The van der Waals surface area contributed by atoms with E-state index in [2.05, 4.69) is 0 Å². The number of carbonyl (C=O) groups excluding carboxylic acids is 2. The zero-order valence-corrected chi connectivity index (χ0v) is 14.3. The Bertz CT molecular complexity index is 918. The van der Waals surface area contributed by atoms with Crippen LogP contribution in [0.5, 0.6) is 0 Å². The molecule has 132 valence electrons. The Hall–Kier alpha value is -2.67. The fraction of sp³-hybridized carbons (Fsp3) is 0.158. The van der Waals surface area contributed by atoms with Crippen LogP contribution in [0.1, 0.15) is 5.56 Å². The van der Waals surface area contributed by atoms with Gasteiger partial charge in [-0.15, -0.1) is 11.8 Å². The minimum atomic E-state index is -0.586. The molecule has 2 aromatic carbocycles. The minimum Gasteiger partial charge on any atom is -0.311 e. The molecule has 0 aromatic heterocycles. The molecule has 2 aliphatic heterocycles. The number of hydrogen-bond donors (Lipinski definition) is 0. The molecule has 2 unspecified atom stereocenters. The highest BCUT2D eigenvalue weighted by Gasteiger charge is 2.48. The molecule has 0 saturated carbocycles. The summed E-state index contributed by atoms with van der Waals surface area (Å²) in [6.45, 7) is 0.0245. The van der Waals surface area contributed by atoms with E-state index in [-0.39, 0.29) is 12.2 Å². The van der Waals surface area contributed by atoms with Crippen LogP contribution in [0.25, 0.3) is 0 Å². The molecule has 0 bridgehead atoms.